The summed E-state index contributed by atoms with van der Waals surface area (Å²) in [5.41, 5.74) is 5.11. The highest BCUT2D eigenvalue weighted by atomic mass is 32.1. The third-order valence-corrected chi connectivity index (χ3v) is 0.871. The van der Waals surface area contributed by atoms with E-state index in [1.165, 1.54) is 6.20 Å². The maximum atomic E-state index is 5.11. The summed E-state index contributed by atoms with van der Waals surface area (Å²) in [5, 5.41) is 0. The van der Waals surface area contributed by atoms with Crippen LogP contribution >= 0.6 is 11.7 Å². The van der Waals surface area contributed by atoms with Gasteiger partial charge in [0, 0.05) is 0 Å². The Kier molecular flexibility index (Phi) is 0.719. The molecule has 4 heteroatoms. The van der Waals surface area contributed by atoms with Crippen LogP contribution in [-0.4, -0.2) is 8.75 Å². The molecule has 0 amide bonds. The predicted molar refractivity (Wildman–Crippen MR) is 24.3 cm³/mol. The predicted octanol–water partition coefficient (Wildman–Crippen LogP) is 0.120. The Balaban J connectivity index is 3.05. The van der Waals surface area contributed by atoms with Gasteiger partial charge < -0.3 is 5.73 Å². The van der Waals surface area contributed by atoms with Crippen LogP contribution in [0.15, 0.2) is 6.20 Å². The molecule has 0 aliphatic rings. The van der Waals surface area contributed by atoms with Crippen LogP contribution in [0.25, 0.3) is 0 Å². The van der Waals surface area contributed by atoms with Crippen LogP contribution in [0.4, 0.5) is 5.82 Å². The molecule has 0 radical (unpaired) electrons. The summed E-state index contributed by atoms with van der Waals surface area (Å²) < 4.78 is 7.25. The van der Waals surface area contributed by atoms with Gasteiger partial charge in [-0.05, 0) is 0 Å². The van der Waals surface area contributed by atoms with E-state index in [-0.39, 0.29) is 0 Å². The average Bonchev–Trinajstić information content (AvgIpc) is 1.86. The molecule has 0 unspecified atom stereocenters. The normalized spacial score (nSPS) is 8.67. The molecular weight excluding hydrogens is 98.1 g/mol. The van der Waals surface area contributed by atoms with E-state index in [1.54, 1.807) is 0 Å². The fourth-order valence-corrected chi connectivity index (χ4v) is 0.516. The van der Waals surface area contributed by atoms with E-state index in [4.69, 9.17) is 5.73 Å². The number of anilines is 1. The van der Waals surface area contributed by atoms with Gasteiger partial charge in [0.2, 0.25) is 0 Å². The Labute approximate surface area is 39.1 Å². The van der Waals surface area contributed by atoms with E-state index in [2.05, 4.69) is 8.75 Å². The highest BCUT2D eigenvalue weighted by molar-refractivity contribution is 6.99. The maximum absolute atomic E-state index is 5.11. The topological polar surface area (TPSA) is 51.8 Å². The monoisotopic (exact) mass is 101 g/mol. The van der Waals surface area contributed by atoms with Crippen molar-refractivity contribution in [2.24, 2.45) is 0 Å². The van der Waals surface area contributed by atoms with Crippen LogP contribution in [0.1, 0.15) is 0 Å². The van der Waals surface area contributed by atoms with Crippen molar-refractivity contribution in [1.29, 1.82) is 0 Å². The van der Waals surface area contributed by atoms with Gasteiger partial charge in [-0.2, -0.15) is 8.75 Å². The van der Waals surface area contributed by atoms with Crippen LogP contribution in [-0.2, 0) is 0 Å². The van der Waals surface area contributed by atoms with Crippen LogP contribution in [0, 0.1) is 0 Å². The lowest BCUT2D eigenvalue weighted by Crippen LogP contribution is -1.79. The van der Waals surface area contributed by atoms with Crippen molar-refractivity contribution >= 4 is 17.5 Å². The molecule has 0 atom stereocenters. The van der Waals surface area contributed by atoms with Crippen LogP contribution in [0.2, 0.25) is 0 Å². The molecule has 0 aromatic carbocycles. The molecular formula is C2H3N3S. The number of aromatic nitrogens is 2. The minimum absolute atomic E-state index is 0.500. The quantitative estimate of drug-likeness (QED) is 0.505. The van der Waals surface area contributed by atoms with Crippen molar-refractivity contribution in [3.63, 3.8) is 0 Å². The molecule has 0 fully saturated rings. The lowest BCUT2D eigenvalue weighted by molar-refractivity contribution is 1.52. The van der Waals surface area contributed by atoms with Gasteiger partial charge in [0.1, 0.15) is 0 Å². The Hall–Kier alpha value is -0.640. The summed E-state index contributed by atoms with van der Waals surface area (Å²) in [5.74, 6) is 0.500. The molecule has 0 saturated heterocycles. The second-order valence-electron chi connectivity index (χ2n) is 0.832. The number of nitrogens with zero attached hydrogens (tertiary/aromatic N) is 2. The maximum Gasteiger partial charge on any atom is 0.157 e. The van der Waals surface area contributed by atoms with Gasteiger partial charge in [0.25, 0.3) is 0 Å². The van der Waals surface area contributed by atoms with Gasteiger partial charge in [-0.15, -0.1) is 0 Å². The Morgan fingerprint density at radius 2 is 2.67 bits per heavy atom. The molecule has 3 nitrogen and oxygen atoms in total. The average molecular weight is 101 g/mol. The van der Waals surface area contributed by atoms with Gasteiger partial charge in [-0.1, -0.05) is 0 Å². The van der Waals surface area contributed by atoms with Gasteiger partial charge in [-0.25, -0.2) is 0 Å². The first kappa shape index (κ1) is 3.55. The van der Waals surface area contributed by atoms with Crippen LogP contribution in [0.5, 0.6) is 0 Å². The first-order valence-electron chi connectivity index (χ1n) is 1.42. The summed E-state index contributed by atoms with van der Waals surface area (Å²) in [7, 11) is 0. The molecule has 1 aromatic heterocycles. The van der Waals surface area contributed by atoms with E-state index < -0.39 is 0 Å². The molecule has 0 bridgehead atoms. The molecule has 32 valence electrons. The molecule has 2 N–H and O–H groups in total. The molecule has 0 saturated carbocycles. The molecule has 0 aliphatic heterocycles. The molecule has 0 aliphatic carbocycles. The molecule has 6 heavy (non-hydrogen) atoms. The van der Waals surface area contributed by atoms with E-state index >= 15 is 0 Å². The van der Waals surface area contributed by atoms with Gasteiger partial charge >= 0.3 is 0 Å². The number of rotatable bonds is 0. The minimum Gasteiger partial charge on any atom is -0.382 e. The third-order valence-electron chi connectivity index (χ3n) is 0.378. The van der Waals surface area contributed by atoms with Gasteiger partial charge in [0.15, 0.2) is 5.82 Å². The van der Waals surface area contributed by atoms with E-state index in [1.807, 2.05) is 0 Å². The second-order valence-corrected chi connectivity index (χ2v) is 1.39. The highest BCUT2D eigenvalue weighted by Gasteiger charge is 1.78. The highest BCUT2D eigenvalue weighted by Crippen LogP contribution is 1.91. The summed E-state index contributed by atoms with van der Waals surface area (Å²) >= 11 is 1.11. The zero-order chi connectivity index (χ0) is 4.41. The summed E-state index contributed by atoms with van der Waals surface area (Å²) in [4.78, 5) is 0. The Morgan fingerprint density at radius 1 is 1.83 bits per heavy atom. The molecule has 1 heterocycles. The van der Waals surface area contributed by atoms with Gasteiger partial charge in [-0.3, -0.25) is 0 Å². The lowest BCUT2D eigenvalue weighted by Gasteiger charge is -1.64. The van der Waals surface area contributed by atoms with Gasteiger partial charge in [0.05, 0.1) is 17.9 Å². The molecule has 0 spiro atoms. The largest absolute Gasteiger partial charge is 0.382 e. The van der Waals surface area contributed by atoms with E-state index in [0.717, 1.165) is 11.7 Å². The standard InChI is InChI=1S/C2H3N3S/c3-2-1-4-6-5-2/h1H,(H2,3,5). The van der Waals surface area contributed by atoms with Crippen molar-refractivity contribution in [1.82, 2.24) is 8.75 Å². The van der Waals surface area contributed by atoms with Crippen molar-refractivity contribution in [2.45, 2.75) is 0 Å². The Morgan fingerprint density at radius 3 is 2.83 bits per heavy atom. The van der Waals surface area contributed by atoms with Crippen molar-refractivity contribution in [3.05, 3.63) is 6.20 Å². The minimum atomic E-state index is 0.500. The summed E-state index contributed by atoms with van der Waals surface area (Å²) in [6, 6.07) is 0. The summed E-state index contributed by atoms with van der Waals surface area (Å²) in [6.45, 7) is 0. The lowest BCUT2D eigenvalue weighted by atomic mass is 10.8. The Bertz CT molecular complexity index is 112. The third kappa shape index (κ3) is 0.463. The smallest absolute Gasteiger partial charge is 0.157 e. The number of nitrogen functional groups attached to an aromatic ring is 1. The van der Waals surface area contributed by atoms with Crippen LogP contribution in [0.3, 0.4) is 0 Å². The zero-order valence-corrected chi connectivity index (χ0v) is 3.77. The van der Waals surface area contributed by atoms with E-state index in [0.29, 0.717) is 5.82 Å². The first-order chi connectivity index (χ1) is 2.89. The number of nitrogens with two attached hydrogens (primary N) is 1. The van der Waals surface area contributed by atoms with E-state index in [9.17, 15) is 0 Å². The van der Waals surface area contributed by atoms with Crippen molar-refractivity contribution < 1.29 is 0 Å². The fourth-order valence-electron chi connectivity index (χ4n) is 0.172. The summed E-state index contributed by atoms with van der Waals surface area (Å²) in [6.07, 6.45) is 1.52. The van der Waals surface area contributed by atoms with Crippen LogP contribution < -0.4 is 5.73 Å². The van der Waals surface area contributed by atoms with Crippen molar-refractivity contribution in [2.75, 3.05) is 5.73 Å². The molecule has 1 rings (SSSR count). The first-order valence-corrected chi connectivity index (χ1v) is 2.15. The van der Waals surface area contributed by atoms with Crippen molar-refractivity contribution in [3.8, 4) is 0 Å². The number of hydrogen-bond acceptors (Lipinski definition) is 4. The SMILES string of the molecule is Nc1cnsn1. The fraction of sp³-hybridized carbons (Fsp3) is 0. The zero-order valence-electron chi connectivity index (χ0n) is 2.96. The number of hydrogen-bond donors (Lipinski definition) is 1. The molecule has 1 aromatic rings. The second kappa shape index (κ2) is 1.22.